The van der Waals surface area contributed by atoms with Crippen LogP contribution in [-0.2, 0) is 25.7 Å². The van der Waals surface area contributed by atoms with Crippen LogP contribution < -0.4 is 0 Å². The number of hydrogen-bond acceptors (Lipinski definition) is 8. The summed E-state index contributed by atoms with van der Waals surface area (Å²) in [5.41, 5.74) is -0.00265. The monoisotopic (exact) mass is 668 g/mol. The van der Waals surface area contributed by atoms with Gasteiger partial charge in [-0.25, -0.2) is 9.59 Å². The van der Waals surface area contributed by atoms with Crippen molar-refractivity contribution in [3.63, 3.8) is 0 Å². The number of hydrogen-bond donors (Lipinski definition) is 0. The smallest absolute Gasteiger partial charge is 0.334 e. The number of rotatable bonds is 9. The van der Waals surface area contributed by atoms with Crippen LogP contribution in [-0.4, -0.2) is 99.3 Å². The lowest BCUT2D eigenvalue weighted by Crippen LogP contribution is -2.66. The summed E-state index contributed by atoms with van der Waals surface area (Å²) in [5, 5.41) is 0. The first-order chi connectivity index (χ1) is 22.1. The molecular formula is C34H44N4O6S2. The fourth-order valence-electron chi connectivity index (χ4n) is 8.18. The van der Waals surface area contributed by atoms with Crippen molar-refractivity contribution in [3.8, 4) is 0 Å². The summed E-state index contributed by atoms with van der Waals surface area (Å²) in [7, 11) is 1.58. The lowest BCUT2D eigenvalue weighted by molar-refractivity contribution is -0.151. The number of ether oxygens (including phenoxy) is 1. The van der Waals surface area contributed by atoms with Gasteiger partial charge >= 0.3 is 12.1 Å². The zero-order valence-electron chi connectivity index (χ0n) is 27.0. The van der Waals surface area contributed by atoms with Gasteiger partial charge in [-0.2, -0.15) is 0 Å². The molecule has 0 unspecified atom stereocenters. The Morgan fingerprint density at radius 1 is 0.870 bits per heavy atom. The highest BCUT2D eigenvalue weighted by atomic mass is 32.2. The van der Waals surface area contributed by atoms with Crippen LogP contribution in [0.15, 0.2) is 40.1 Å². The van der Waals surface area contributed by atoms with Crippen molar-refractivity contribution in [2.75, 3.05) is 38.3 Å². The number of urea groups is 2. The summed E-state index contributed by atoms with van der Waals surface area (Å²) in [6.45, 7) is 6.01. The third-order valence-corrected chi connectivity index (χ3v) is 12.7. The van der Waals surface area contributed by atoms with E-state index in [9.17, 15) is 24.0 Å². The average Bonchev–Trinajstić information content (AvgIpc) is 3.21. The van der Waals surface area contributed by atoms with E-state index in [1.165, 1.54) is 38.2 Å². The van der Waals surface area contributed by atoms with Crippen LogP contribution in [0.4, 0.5) is 9.59 Å². The molecule has 2 spiro atoms. The largest absolute Gasteiger partial charge is 0.381 e. The van der Waals surface area contributed by atoms with Crippen LogP contribution in [0, 0.1) is 11.3 Å². The summed E-state index contributed by atoms with van der Waals surface area (Å²) in [6, 6.07) is 8.27. The summed E-state index contributed by atoms with van der Waals surface area (Å²) in [4.78, 5) is 74.4. The summed E-state index contributed by atoms with van der Waals surface area (Å²) in [6.07, 6.45) is 5.70. The second-order valence-electron chi connectivity index (χ2n) is 13.3. The molecule has 0 bridgehead atoms. The Kier molecular flexibility index (Phi) is 9.60. The molecule has 5 aliphatic rings. The van der Waals surface area contributed by atoms with Crippen LogP contribution >= 0.6 is 23.5 Å². The number of carbonyl (C=O) groups is 5. The van der Waals surface area contributed by atoms with Crippen LogP contribution in [0.1, 0.15) is 70.8 Å². The maximum absolute atomic E-state index is 14.1. The number of amides is 7. The molecule has 248 valence electrons. The van der Waals surface area contributed by atoms with Gasteiger partial charge in [-0.15, -0.1) is 23.5 Å². The van der Waals surface area contributed by atoms with Crippen molar-refractivity contribution >= 4 is 53.3 Å². The third kappa shape index (κ3) is 5.78. The molecule has 0 N–H and O–H groups in total. The first kappa shape index (κ1) is 33.1. The predicted molar refractivity (Wildman–Crippen MR) is 178 cm³/mol. The van der Waals surface area contributed by atoms with E-state index in [0.717, 1.165) is 31.2 Å². The molecule has 5 fully saturated rings. The van der Waals surface area contributed by atoms with Crippen molar-refractivity contribution in [3.05, 3.63) is 45.7 Å². The number of thioether (sulfide) groups is 2. The van der Waals surface area contributed by atoms with Gasteiger partial charge in [-0.05, 0) is 79.8 Å². The number of nitrogens with zero attached hydrogens (tertiary/aromatic N) is 4. The van der Waals surface area contributed by atoms with E-state index in [2.05, 4.69) is 0 Å². The molecule has 3 heterocycles. The molecule has 3 saturated heterocycles. The molecule has 46 heavy (non-hydrogen) atoms. The van der Waals surface area contributed by atoms with E-state index < -0.39 is 23.4 Å². The maximum atomic E-state index is 14.1. The van der Waals surface area contributed by atoms with Gasteiger partial charge < -0.3 is 9.64 Å². The Morgan fingerprint density at radius 2 is 1.50 bits per heavy atom. The van der Waals surface area contributed by atoms with Gasteiger partial charge in [-0.3, -0.25) is 29.1 Å². The van der Waals surface area contributed by atoms with Gasteiger partial charge in [-0.1, -0.05) is 44.2 Å². The van der Waals surface area contributed by atoms with E-state index in [1.807, 2.05) is 49.1 Å². The summed E-state index contributed by atoms with van der Waals surface area (Å²) >= 11 is 2.94. The number of barbiturate groups is 1. The quantitative estimate of drug-likeness (QED) is 0.194. The molecule has 1 aromatic carbocycles. The Labute approximate surface area is 279 Å². The van der Waals surface area contributed by atoms with E-state index in [4.69, 9.17) is 4.74 Å². The molecule has 0 aromatic heterocycles. The maximum Gasteiger partial charge on any atom is 0.334 e. The number of benzene rings is 1. The molecular weight excluding hydrogens is 625 g/mol. The van der Waals surface area contributed by atoms with Crippen molar-refractivity contribution in [1.82, 2.24) is 19.6 Å². The molecule has 10 nitrogen and oxygen atoms in total. The van der Waals surface area contributed by atoms with Crippen molar-refractivity contribution in [2.24, 2.45) is 11.3 Å². The highest BCUT2D eigenvalue weighted by molar-refractivity contribution is 8.22. The normalized spacial score (nSPS) is 29.1. The number of likely N-dealkylation sites (N-methyl/N-ethyl adjacent to an activating group) is 1. The lowest BCUT2D eigenvalue weighted by atomic mass is 9.51. The van der Waals surface area contributed by atoms with Gasteiger partial charge in [0, 0.05) is 32.8 Å². The van der Waals surface area contributed by atoms with Crippen molar-refractivity contribution < 1.29 is 28.7 Å². The van der Waals surface area contributed by atoms with Crippen LogP contribution in [0.2, 0.25) is 0 Å². The van der Waals surface area contributed by atoms with Gasteiger partial charge in [0.05, 0.1) is 10.8 Å². The highest BCUT2D eigenvalue weighted by Crippen LogP contribution is 2.61. The molecule has 12 heteroatoms. The lowest BCUT2D eigenvalue weighted by Gasteiger charge is -2.59. The van der Waals surface area contributed by atoms with Gasteiger partial charge in [0.1, 0.15) is 11.1 Å². The van der Waals surface area contributed by atoms with E-state index in [1.54, 1.807) is 7.05 Å². The Hall–Kier alpha value is -2.83. The Balaban J connectivity index is 1.21. The number of carbonyl (C=O) groups excluding carboxylic acids is 5. The minimum absolute atomic E-state index is 0.0957. The molecule has 7 amide bonds. The van der Waals surface area contributed by atoms with Crippen LogP contribution in [0.3, 0.4) is 0 Å². The zero-order valence-corrected chi connectivity index (χ0v) is 28.6. The molecule has 3 aliphatic heterocycles. The van der Waals surface area contributed by atoms with E-state index in [0.29, 0.717) is 67.1 Å². The second-order valence-corrected chi connectivity index (χ2v) is 16.1. The first-order valence-electron chi connectivity index (χ1n) is 16.6. The molecule has 2 aliphatic carbocycles. The van der Waals surface area contributed by atoms with E-state index in [-0.39, 0.29) is 35.5 Å². The second kappa shape index (κ2) is 13.4. The topological polar surface area (TPSA) is 108 Å². The minimum atomic E-state index is -0.799. The third-order valence-electron chi connectivity index (χ3n) is 10.5. The Morgan fingerprint density at radius 3 is 2.11 bits per heavy atom. The minimum Gasteiger partial charge on any atom is -0.381 e. The van der Waals surface area contributed by atoms with Gasteiger partial charge in [0.15, 0.2) is 0 Å². The predicted octanol–water partition coefficient (Wildman–Crippen LogP) is 5.48. The molecule has 0 radical (unpaired) electrons. The van der Waals surface area contributed by atoms with Gasteiger partial charge in [0.2, 0.25) is 0 Å². The molecule has 1 aromatic rings. The average molecular weight is 669 g/mol. The fraction of sp³-hybridized carbons (Fsp3) is 0.618. The first-order valence-corrected chi connectivity index (χ1v) is 18.5. The van der Waals surface area contributed by atoms with Crippen LogP contribution in [0.25, 0.3) is 0 Å². The fourth-order valence-corrected chi connectivity index (χ4v) is 10.4. The Bertz CT molecular complexity index is 1400. The molecule has 0 atom stereocenters. The van der Waals surface area contributed by atoms with Gasteiger partial charge in [0.25, 0.3) is 17.7 Å². The summed E-state index contributed by atoms with van der Waals surface area (Å²) in [5.74, 6) is 0.589. The zero-order chi connectivity index (χ0) is 32.6. The van der Waals surface area contributed by atoms with E-state index >= 15 is 0 Å². The van der Waals surface area contributed by atoms with Crippen molar-refractivity contribution in [2.45, 2.75) is 83.3 Å². The SMILES string of the molecule is CCSC(SCC)=C1C(=O)N(Cc2ccccc2)C(=O)N(C2CCC3(CC2)CC2(C3)C(=O)N(C)C(=O)N2CC2CCOCC2)C1=O. The standard InChI is InChI=1S/C34H44N4O6S2/c1-4-45-29(46-5-2)26-27(39)36(19-23-9-7-6-8-10-23)32(43)38(28(26)40)25-11-15-33(16-12-25)21-34(22-33)30(41)35(3)31(42)37(34)20-24-13-17-44-18-14-24/h6-10,24-25H,4-5,11-22H2,1-3H3. The number of imide groups is 3. The van der Waals surface area contributed by atoms with Crippen molar-refractivity contribution in [1.29, 1.82) is 0 Å². The highest BCUT2D eigenvalue weighted by Gasteiger charge is 2.68. The molecule has 2 saturated carbocycles. The summed E-state index contributed by atoms with van der Waals surface area (Å²) < 4.78 is 6.19. The molecule has 6 rings (SSSR count). The van der Waals surface area contributed by atoms with Crippen LogP contribution in [0.5, 0.6) is 0 Å².